The standard InChI is InChI=1S/C12H18N2O2/c1-16-9-3-2-8-14-12(15)10-4-6-11(13)7-5-10/h4-7H,2-3,8-9,13H2,1H3,(H,14,15). The molecule has 0 fully saturated rings. The first-order chi connectivity index (χ1) is 7.74. The second-order valence-corrected chi connectivity index (χ2v) is 3.58. The largest absolute Gasteiger partial charge is 0.399 e. The van der Waals surface area contributed by atoms with Gasteiger partial charge in [0.25, 0.3) is 5.91 Å². The van der Waals surface area contributed by atoms with E-state index >= 15 is 0 Å². The molecule has 1 amide bonds. The lowest BCUT2D eigenvalue weighted by Gasteiger charge is -2.05. The Labute approximate surface area is 95.8 Å². The monoisotopic (exact) mass is 222 g/mol. The maximum absolute atomic E-state index is 11.6. The van der Waals surface area contributed by atoms with E-state index in [0.717, 1.165) is 19.4 Å². The summed E-state index contributed by atoms with van der Waals surface area (Å²) in [6, 6.07) is 6.89. The number of unbranched alkanes of at least 4 members (excludes halogenated alkanes) is 1. The minimum absolute atomic E-state index is 0.0579. The summed E-state index contributed by atoms with van der Waals surface area (Å²) in [6.45, 7) is 1.41. The third kappa shape index (κ3) is 4.31. The molecule has 0 saturated heterocycles. The van der Waals surface area contributed by atoms with Gasteiger partial charge in [-0.05, 0) is 37.1 Å². The molecule has 0 aromatic heterocycles. The summed E-state index contributed by atoms with van der Waals surface area (Å²) >= 11 is 0. The van der Waals surface area contributed by atoms with Gasteiger partial charge in [0.2, 0.25) is 0 Å². The number of ether oxygens (including phenoxy) is 1. The lowest BCUT2D eigenvalue weighted by atomic mass is 10.2. The van der Waals surface area contributed by atoms with Gasteiger partial charge in [-0.1, -0.05) is 0 Å². The predicted molar refractivity (Wildman–Crippen MR) is 64.3 cm³/mol. The molecule has 4 heteroatoms. The summed E-state index contributed by atoms with van der Waals surface area (Å²) in [5.41, 5.74) is 6.84. The van der Waals surface area contributed by atoms with Gasteiger partial charge in [-0.2, -0.15) is 0 Å². The number of rotatable bonds is 6. The molecule has 0 atom stereocenters. The van der Waals surface area contributed by atoms with Gasteiger partial charge in [-0.3, -0.25) is 4.79 Å². The van der Waals surface area contributed by atoms with Crippen LogP contribution in [0, 0.1) is 0 Å². The van der Waals surface area contributed by atoms with Crippen molar-refractivity contribution in [3.63, 3.8) is 0 Å². The van der Waals surface area contributed by atoms with Gasteiger partial charge < -0.3 is 15.8 Å². The molecule has 16 heavy (non-hydrogen) atoms. The zero-order valence-electron chi connectivity index (χ0n) is 9.53. The minimum Gasteiger partial charge on any atom is -0.399 e. The molecular formula is C12H18N2O2. The fourth-order valence-corrected chi connectivity index (χ4v) is 1.31. The van der Waals surface area contributed by atoms with Gasteiger partial charge in [0.1, 0.15) is 0 Å². The van der Waals surface area contributed by atoms with Crippen LogP contribution in [0.4, 0.5) is 5.69 Å². The molecule has 0 radical (unpaired) electrons. The van der Waals surface area contributed by atoms with E-state index in [1.165, 1.54) is 0 Å². The van der Waals surface area contributed by atoms with Crippen molar-refractivity contribution in [2.24, 2.45) is 0 Å². The topological polar surface area (TPSA) is 64.3 Å². The molecule has 0 aliphatic rings. The summed E-state index contributed by atoms with van der Waals surface area (Å²) in [5.74, 6) is -0.0579. The van der Waals surface area contributed by atoms with Crippen LogP contribution < -0.4 is 11.1 Å². The van der Waals surface area contributed by atoms with Crippen LogP contribution in [0.25, 0.3) is 0 Å². The Balaban J connectivity index is 2.27. The third-order valence-electron chi connectivity index (χ3n) is 2.23. The first-order valence-electron chi connectivity index (χ1n) is 5.36. The van der Waals surface area contributed by atoms with Crippen molar-refractivity contribution >= 4 is 11.6 Å². The van der Waals surface area contributed by atoms with Crippen molar-refractivity contribution in [2.75, 3.05) is 26.0 Å². The fourth-order valence-electron chi connectivity index (χ4n) is 1.31. The molecule has 0 saturated carbocycles. The zero-order valence-corrected chi connectivity index (χ0v) is 9.53. The Morgan fingerprint density at radius 3 is 2.62 bits per heavy atom. The summed E-state index contributed by atoms with van der Waals surface area (Å²) in [5, 5.41) is 2.84. The lowest BCUT2D eigenvalue weighted by Crippen LogP contribution is -2.24. The van der Waals surface area contributed by atoms with Gasteiger partial charge in [-0.25, -0.2) is 0 Å². The van der Waals surface area contributed by atoms with Gasteiger partial charge in [0.05, 0.1) is 0 Å². The predicted octanol–water partition coefficient (Wildman–Crippen LogP) is 1.43. The number of carbonyl (C=O) groups is 1. The highest BCUT2D eigenvalue weighted by molar-refractivity contribution is 5.94. The minimum atomic E-state index is -0.0579. The van der Waals surface area contributed by atoms with E-state index in [1.807, 2.05) is 0 Å². The van der Waals surface area contributed by atoms with E-state index in [4.69, 9.17) is 10.5 Å². The number of benzene rings is 1. The Morgan fingerprint density at radius 2 is 2.00 bits per heavy atom. The van der Waals surface area contributed by atoms with Gasteiger partial charge in [-0.15, -0.1) is 0 Å². The molecule has 0 aliphatic carbocycles. The number of anilines is 1. The Kier molecular flexibility index (Phi) is 5.36. The maximum Gasteiger partial charge on any atom is 0.251 e. The number of hydrogen-bond donors (Lipinski definition) is 2. The highest BCUT2D eigenvalue weighted by Gasteiger charge is 2.03. The van der Waals surface area contributed by atoms with Gasteiger partial charge in [0, 0.05) is 31.5 Å². The van der Waals surface area contributed by atoms with Crippen molar-refractivity contribution in [3.05, 3.63) is 29.8 Å². The van der Waals surface area contributed by atoms with Crippen LogP contribution in [0.2, 0.25) is 0 Å². The van der Waals surface area contributed by atoms with Crippen LogP contribution >= 0.6 is 0 Å². The number of amides is 1. The third-order valence-corrected chi connectivity index (χ3v) is 2.23. The Morgan fingerprint density at radius 1 is 1.31 bits per heavy atom. The molecule has 4 nitrogen and oxygen atoms in total. The normalized spacial score (nSPS) is 10.1. The quantitative estimate of drug-likeness (QED) is 0.565. The molecule has 3 N–H and O–H groups in total. The van der Waals surface area contributed by atoms with Crippen LogP contribution in [0.5, 0.6) is 0 Å². The molecule has 0 heterocycles. The lowest BCUT2D eigenvalue weighted by molar-refractivity contribution is 0.0951. The number of hydrogen-bond acceptors (Lipinski definition) is 3. The fraction of sp³-hybridized carbons (Fsp3) is 0.417. The van der Waals surface area contributed by atoms with Crippen molar-refractivity contribution in [3.8, 4) is 0 Å². The van der Waals surface area contributed by atoms with Gasteiger partial charge >= 0.3 is 0 Å². The van der Waals surface area contributed by atoms with Crippen LogP contribution in [0.3, 0.4) is 0 Å². The zero-order chi connectivity index (χ0) is 11.8. The molecular weight excluding hydrogens is 204 g/mol. The summed E-state index contributed by atoms with van der Waals surface area (Å²) in [6.07, 6.45) is 1.88. The van der Waals surface area contributed by atoms with E-state index < -0.39 is 0 Å². The smallest absolute Gasteiger partial charge is 0.251 e. The molecule has 0 bridgehead atoms. The van der Waals surface area contributed by atoms with E-state index in [9.17, 15) is 4.79 Å². The first kappa shape index (κ1) is 12.5. The number of nitrogen functional groups attached to an aromatic ring is 1. The van der Waals surface area contributed by atoms with Crippen LogP contribution in [-0.2, 0) is 4.74 Å². The Hall–Kier alpha value is -1.55. The maximum atomic E-state index is 11.6. The summed E-state index contributed by atoms with van der Waals surface area (Å²) in [7, 11) is 1.67. The van der Waals surface area contributed by atoms with Crippen LogP contribution in [-0.4, -0.2) is 26.2 Å². The number of nitrogens with one attached hydrogen (secondary N) is 1. The average Bonchev–Trinajstić information content (AvgIpc) is 2.29. The van der Waals surface area contributed by atoms with Crippen molar-refractivity contribution in [2.45, 2.75) is 12.8 Å². The van der Waals surface area contributed by atoms with Crippen molar-refractivity contribution in [1.82, 2.24) is 5.32 Å². The number of methoxy groups -OCH3 is 1. The van der Waals surface area contributed by atoms with E-state index in [-0.39, 0.29) is 5.91 Å². The molecule has 0 spiro atoms. The van der Waals surface area contributed by atoms with E-state index in [0.29, 0.717) is 17.8 Å². The molecule has 0 aliphatic heterocycles. The molecule has 0 unspecified atom stereocenters. The van der Waals surface area contributed by atoms with Crippen molar-refractivity contribution < 1.29 is 9.53 Å². The average molecular weight is 222 g/mol. The van der Waals surface area contributed by atoms with Crippen LogP contribution in [0.1, 0.15) is 23.2 Å². The SMILES string of the molecule is COCCCCNC(=O)c1ccc(N)cc1. The summed E-state index contributed by atoms with van der Waals surface area (Å²) < 4.78 is 4.92. The molecule has 1 aromatic rings. The molecule has 1 aromatic carbocycles. The first-order valence-corrected chi connectivity index (χ1v) is 5.36. The van der Waals surface area contributed by atoms with E-state index in [1.54, 1.807) is 31.4 Å². The molecule has 88 valence electrons. The van der Waals surface area contributed by atoms with E-state index in [2.05, 4.69) is 5.32 Å². The van der Waals surface area contributed by atoms with Gasteiger partial charge in [0.15, 0.2) is 0 Å². The number of carbonyl (C=O) groups excluding carboxylic acids is 1. The highest BCUT2D eigenvalue weighted by atomic mass is 16.5. The summed E-state index contributed by atoms with van der Waals surface area (Å²) in [4.78, 5) is 11.6. The van der Waals surface area contributed by atoms with Crippen LogP contribution in [0.15, 0.2) is 24.3 Å². The highest BCUT2D eigenvalue weighted by Crippen LogP contribution is 2.05. The second-order valence-electron chi connectivity index (χ2n) is 3.58. The Bertz CT molecular complexity index is 322. The molecule has 1 rings (SSSR count). The number of nitrogens with two attached hydrogens (primary N) is 1. The van der Waals surface area contributed by atoms with Crippen molar-refractivity contribution in [1.29, 1.82) is 0 Å². The second kappa shape index (κ2) is 6.85.